The van der Waals surface area contributed by atoms with Gasteiger partial charge in [0.05, 0.1) is 28.6 Å². The molecule has 0 amide bonds. The average molecular weight is 692 g/mol. The molecular formula is C47H41N5O. The highest BCUT2D eigenvalue weighted by molar-refractivity contribution is 6.09. The van der Waals surface area contributed by atoms with Crippen LogP contribution in [0.3, 0.4) is 0 Å². The highest BCUT2D eigenvalue weighted by atomic mass is 16.5. The molecule has 4 heterocycles. The lowest BCUT2D eigenvalue weighted by Gasteiger charge is -2.26. The van der Waals surface area contributed by atoms with E-state index in [4.69, 9.17) is 9.72 Å². The number of pyridine rings is 2. The molecule has 0 unspecified atom stereocenters. The molecule has 0 saturated heterocycles. The number of fused-ring (bicyclic) bond motifs is 4. The second-order valence-corrected chi connectivity index (χ2v) is 15.0. The molecule has 260 valence electrons. The molecule has 6 nitrogen and oxygen atoms in total. The largest absolute Gasteiger partial charge is 0.457 e. The van der Waals surface area contributed by atoms with Crippen LogP contribution in [-0.4, -0.2) is 21.2 Å². The summed E-state index contributed by atoms with van der Waals surface area (Å²) >= 11 is 0. The summed E-state index contributed by atoms with van der Waals surface area (Å²) in [5.41, 5.74) is 12.8. The molecule has 8 aromatic rings. The van der Waals surface area contributed by atoms with Crippen molar-refractivity contribution in [3.8, 4) is 28.4 Å². The first-order valence-electron chi connectivity index (χ1n) is 18.2. The van der Waals surface area contributed by atoms with Gasteiger partial charge in [0, 0.05) is 46.7 Å². The maximum atomic E-state index is 6.65. The zero-order valence-electron chi connectivity index (χ0n) is 30.7. The summed E-state index contributed by atoms with van der Waals surface area (Å²) in [6, 6.07) is 44.8. The van der Waals surface area contributed by atoms with E-state index in [0.29, 0.717) is 6.67 Å². The van der Waals surface area contributed by atoms with Gasteiger partial charge in [0.2, 0.25) is 0 Å². The van der Waals surface area contributed by atoms with Crippen LogP contribution in [0.4, 0.5) is 22.7 Å². The number of aryl methyl sites for hydroxylation is 2. The topological polar surface area (TPSA) is 46.4 Å². The Labute approximate surface area is 310 Å². The number of hydrogen-bond donors (Lipinski definition) is 0. The van der Waals surface area contributed by atoms with Crippen molar-refractivity contribution >= 4 is 44.6 Å². The van der Waals surface area contributed by atoms with Gasteiger partial charge in [0.1, 0.15) is 24.0 Å². The summed E-state index contributed by atoms with van der Waals surface area (Å²) in [7, 11) is 0. The van der Waals surface area contributed by atoms with Crippen LogP contribution in [0.15, 0.2) is 146 Å². The van der Waals surface area contributed by atoms with Crippen LogP contribution in [0.25, 0.3) is 38.8 Å². The van der Waals surface area contributed by atoms with Gasteiger partial charge in [-0.3, -0.25) is 9.55 Å². The van der Waals surface area contributed by atoms with E-state index < -0.39 is 0 Å². The normalized spacial score (nSPS) is 12.8. The molecule has 0 N–H and O–H groups in total. The lowest BCUT2D eigenvalue weighted by atomic mass is 9.88. The first-order chi connectivity index (χ1) is 25.7. The number of para-hydroxylation sites is 1. The Morgan fingerprint density at radius 3 is 2.17 bits per heavy atom. The van der Waals surface area contributed by atoms with Crippen molar-refractivity contribution in [1.29, 1.82) is 0 Å². The second kappa shape index (κ2) is 12.7. The average Bonchev–Trinajstić information content (AvgIpc) is 3.71. The highest BCUT2D eigenvalue weighted by Crippen LogP contribution is 2.47. The Kier molecular flexibility index (Phi) is 7.77. The Morgan fingerprint density at radius 2 is 1.36 bits per heavy atom. The fourth-order valence-corrected chi connectivity index (χ4v) is 7.82. The molecule has 0 saturated carbocycles. The van der Waals surface area contributed by atoms with Crippen molar-refractivity contribution in [1.82, 2.24) is 14.5 Å². The number of rotatable bonds is 6. The summed E-state index contributed by atoms with van der Waals surface area (Å²) in [5, 5.41) is 2.35. The van der Waals surface area contributed by atoms with Crippen LogP contribution < -0.4 is 14.5 Å². The first-order valence-corrected chi connectivity index (χ1v) is 18.2. The number of ether oxygens (including phenoxy) is 1. The fourth-order valence-electron chi connectivity index (χ4n) is 7.82. The van der Waals surface area contributed by atoms with Crippen molar-refractivity contribution in [3.63, 3.8) is 0 Å². The molecule has 5 aromatic carbocycles. The Morgan fingerprint density at radius 1 is 0.604 bits per heavy atom. The predicted molar refractivity (Wildman–Crippen MR) is 219 cm³/mol. The van der Waals surface area contributed by atoms with Gasteiger partial charge in [0.15, 0.2) is 0 Å². The summed E-state index contributed by atoms with van der Waals surface area (Å²) in [6.07, 6.45) is 5.75. The quantitative estimate of drug-likeness (QED) is 0.174. The standard InChI is InChI=1S/C47H41N5O/c1-31-24-34(33-12-7-6-8-13-33)25-32(2)46(31)51-30-50(44-29-48-22-21-42(44)51)36-14-11-15-37(27-36)53-38-18-19-40-39-16-9-10-17-41(39)52(43(40)28-38)45-26-35(20-23-49-45)47(3,4)5/h6-29H,30H2,1-5H3. The molecule has 0 fully saturated rings. The zero-order chi connectivity index (χ0) is 36.3. The molecule has 0 radical (unpaired) electrons. The van der Waals surface area contributed by atoms with E-state index >= 15 is 0 Å². The van der Waals surface area contributed by atoms with Gasteiger partial charge < -0.3 is 14.5 Å². The van der Waals surface area contributed by atoms with Crippen LogP contribution >= 0.6 is 0 Å². The molecule has 53 heavy (non-hydrogen) atoms. The van der Waals surface area contributed by atoms with Gasteiger partial charge in [-0.25, -0.2) is 4.98 Å². The third-order valence-corrected chi connectivity index (χ3v) is 10.4. The molecule has 1 aliphatic heterocycles. The predicted octanol–water partition coefficient (Wildman–Crippen LogP) is 12.2. The van der Waals surface area contributed by atoms with E-state index in [9.17, 15) is 0 Å². The van der Waals surface area contributed by atoms with Crippen molar-refractivity contribution in [3.05, 3.63) is 163 Å². The SMILES string of the molecule is Cc1cc(-c2ccccc2)cc(C)c1N1CN(c2cccc(Oc3ccc4c5ccccc5n(-c5cc(C(C)(C)C)ccn5)c4c3)c2)c2cnccc21. The minimum absolute atomic E-state index is 0.00331. The van der Waals surface area contributed by atoms with Gasteiger partial charge in [-0.2, -0.15) is 0 Å². The Hall–Kier alpha value is -6.40. The molecule has 0 atom stereocenters. The Bertz CT molecular complexity index is 2630. The fraction of sp³-hybridized carbons (Fsp3) is 0.149. The summed E-state index contributed by atoms with van der Waals surface area (Å²) in [6.45, 7) is 11.8. The number of benzene rings is 5. The third-order valence-electron chi connectivity index (χ3n) is 10.4. The van der Waals surface area contributed by atoms with E-state index in [1.54, 1.807) is 0 Å². The summed E-state index contributed by atoms with van der Waals surface area (Å²) in [4.78, 5) is 14.1. The molecule has 1 aliphatic rings. The van der Waals surface area contributed by atoms with Gasteiger partial charge in [0.25, 0.3) is 0 Å². The van der Waals surface area contributed by atoms with Crippen molar-refractivity contribution in [2.24, 2.45) is 0 Å². The van der Waals surface area contributed by atoms with E-state index in [-0.39, 0.29) is 5.41 Å². The number of aromatic nitrogens is 3. The molecular weight excluding hydrogens is 651 g/mol. The Balaban J connectivity index is 1.06. The van der Waals surface area contributed by atoms with Gasteiger partial charge in [-0.05, 0) is 108 Å². The van der Waals surface area contributed by atoms with E-state index in [2.05, 4.69) is 175 Å². The highest BCUT2D eigenvalue weighted by Gasteiger charge is 2.30. The molecule has 6 heteroatoms. The minimum Gasteiger partial charge on any atom is -0.457 e. The molecule has 3 aromatic heterocycles. The number of anilines is 4. The van der Waals surface area contributed by atoms with Crippen LogP contribution in [0.1, 0.15) is 37.5 Å². The van der Waals surface area contributed by atoms with Gasteiger partial charge in [-0.15, -0.1) is 0 Å². The van der Waals surface area contributed by atoms with Crippen molar-refractivity contribution in [2.75, 3.05) is 16.5 Å². The van der Waals surface area contributed by atoms with Gasteiger partial charge in [-0.1, -0.05) is 75.4 Å². The minimum atomic E-state index is 0.00331. The maximum Gasteiger partial charge on any atom is 0.137 e. The first kappa shape index (κ1) is 32.5. The van der Waals surface area contributed by atoms with E-state index in [1.165, 1.54) is 38.9 Å². The lowest BCUT2D eigenvalue weighted by Crippen LogP contribution is -2.25. The van der Waals surface area contributed by atoms with E-state index in [0.717, 1.165) is 50.8 Å². The molecule has 0 bridgehead atoms. The van der Waals surface area contributed by atoms with Crippen LogP contribution in [0.5, 0.6) is 11.5 Å². The summed E-state index contributed by atoms with van der Waals surface area (Å²) in [5.74, 6) is 2.43. The molecule has 0 aliphatic carbocycles. The van der Waals surface area contributed by atoms with Crippen LogP contribution in [-0.2, 0) is 5.41 Å². The smallest absolute Gasteiger partial charge is 0.137 e. The zero-order valence-corrected chi connectivity index (χ0v) is 30.7. The van der Waals surface area contributed by atoms with Crippen LogP contribution in [0.2, 0.25) is 0 Å². The third kappa shape index (κ3) is 5.77. The van der Waals surface area contributed by atoms with Gasteiger partial charge >= 0.3 is 0 Å². The van der Waals surface area contributed by atoms with Crippen molar-refractivity contribution < 1.29 is 4.74 Å². The molecule has 9 rings (SSSR count). The van der Waals surface area contributed by atoms with Crippen molar-refractivity contribution in [2.45, 2.75) is 40.0 Å². The number of nitrogens with zero attached hydrogens (tertiary/aromatic N) is 5. The number of hydrogen-bond acceptors (Lipinski definition) is 5. The lowest BCUT2D eigenvalue weighted by molar-refractivity contribution is 0.483. The summed E-state index contributed by atoms with van der Waals surface area (Å²) < 4.78 is 8.91. The monoisotopic (exact) mass is 691 g/mol. The van der Waals surface area contributed by atoms with Crippen LogP contribution in [0, 0.1) is 13.8 Å². The van der Waals surface area contributed by atoms with E-state index in [1.807, 2.05) is 24.7 Å². The second-order valence-electron chi connectivity index (χ2n) is 15.0. The maximum absolute atomic E-state index is 6.65. The molecule has 0 spiro atoms.